The van der Waals surface area contributed by atoms with Crippen LogP contribution < -0.4 is 5.32 Å². The highest BCUT2D eigenvalue weighted by Gasteiger charge is 2.23. The van der Waals surface area contributed by atoms with Gasteiger partial charge in [0.1, 0.15) is 0 Å². The van der Waals surface area contributed by atoms with Crippen molar-refractivity contribution in [2.24, 2.45) is 0 Å². The van der Waals surface area contributed by atoms with Crippen LogP contribution in [0.2, 0.25) is 10.0 Å². The molecule has 0 atom stereocenters. The first-order chi connectivity index (χ1) is 13.5. The van der Waals surface area contributed by atoms with E-state index in [0.29, 0.717) is 28.8 Å². The second-order valence-electron chi connectivity index (χ2n) is 6.21. The standard InChI is InChI=1S/C22H18Cl2N2O2/c23-18-11-12-19(24)20(13-18)25-21(27)22(28)26(14-16-7-3-1-4-8-16)15-17-9-5-2-6-10-17/h1-13H,14-15H2,(H,25,27). The normalized spacial score (nSPS) is 10.4. The summed E-state index contributed by atoms with van der Waals surface area (Å²) in [5, 5.41) is 3.28. The zero-order valence-electron chi connectivity index (χ0n) is 14.9. The van der Waals surface area contributed by atoms with Gasteiger partial charge in [0, 0.05) is 18.1 Å². The minimum Gasteiger partial charge on any atom is -0.326 e. The molecule has 3 aromatic carbocycles. The maximum absolute atomic E-state index is 12.9. The molecule has 3 rings (SSSR count). The van der Waals surface area contributed by atoms with E-state index in [4.69, 9.17) is 23.2 Å². The van der Waals surface area contributed by atoms with Gasteiger partial charge in [0.2, 0.25) is 0 Å². The quantitative estimate of drug-likeness (QED) is 0.588. The zero-order chi connectivity index (χ0) is 19.9. The van der Waals surface area contributed by atoms with Gasteiger partial charge in [0.15, 0.2) is 0 Å². The Labute approximate surface area is 173 Å². The Hall–Kier alpha value is -2.82. The number of halogens is 2. The van der Waals surface area contributed by atoms with E-state index in [1.54, 1.807) is 12.1 Å². The van der Waals surface area contributed by atoms with Crippen LogP contribution in [0, 0.1) is 0 Å². The van der Waals surface area contributed by atoms with Gasteiger partial charge in [0.25, 0.3) is 0 Å². The van der Waals surface area contributed by atoms with Crippen LogP contribution in [-0.2, 0) is 22.7 Å². The first-order valence-electron chi connectivity index (χ1n) is 8.66. The largest absolute Gasteiger partial charge is 0.326 e. The monoisotopic (exact) mass is 412 g/mol. The van der Waals surface area contributed by atoms with Gasteiger partial charge in [0.05, 0.1) is 10.7 Å². The van der Waals surface area contributed by atoms with E-state index in [1.165, 1.54) is 11.0 Å². The molecule has 6 heteroatoms. The average Bonchev–Trinajstić information content (AvgIpc) is 2.71. The summed E-state index contributed by atoms with van der Waals surface area (Å²) in [6, 6.07) is 23.7. The summed E-state index contributed by atoms with van der Waals surface area (Å²) in [6.45, 7) is 0.622. The van der Waals surface area contributed by atoms with Crippen molar-refractivity contribution >= 4 is 40.7 Å². The molecule has 0 spiro atoms. The fourth-order valence-electron chi connectivity index (χ4n) is 2.72. The maximum Gasteiger partial charge on any atom is 0.313 e. The Morgan fingerprint density at radius 2 is 1.32 bits per heavy atom. The van der Waals surface area contributed by atoms with Gasteiger partial charge in [-0.3, -0.25) is 9.59 Å². The van der Waals surface area contributed by atoms with Crippen molar-refractivity contribution in [3.05, 3.63) is 100 Å². The second-order valence-corrected chi connectivity index (χ2v) is 7.05. The minimum absolute atomic E-state index is 0.298. The molecule has 1 N–H and O–H groups in total. The molecule has 0 saturated heterocycles. The Morgan fingerprint density at radius 3 is 1.86 bits per heavy atom. The molecular weight excluding hydrogens is 395 g/mol. The average molecular weight is 413 g/mol. The van der Waals surface area contributed by atoms with E-state index in [-0.39, 0.29) is 0 Å². The third kappa shape index (κ3) is 5.35. The van der Waals surface area contributed by atoms with Crippen LogP contribution in [0.1, 0.15) is 11.1 Å². The number of hydrogen-bond acceptors (Lipinski definition) is 2. The first kappa shape index (κ1) is 19.9. The Morgan fingerprint density at radius 1 is 0.786 bits per heavy atom. The number of carbonyl (C=O) groups is 2. The van der Waals surface area contributed by atoms with Crippen LogP contribution in [0.15, 0.2) is 78.9 Å². The van der Waals surface area contributed by atoms with Gasteiger partial charge < -0.3 is 10.2 Å². The van der Waals surface area contributed by atoms with E-state index in [9.17, 15) is 9.59 Å². The molecule has 0 fully saturated rings. The number of amides is 2. The summed E-state index contributed by atoms with van der Waals surface area (Å²) in [6.07, 6.45) is 0. The van der Waals surface area contributed by atoms with Crippen molar-refractivity contribution in [3.63, 3.8) is 0 Å². The van der Waals surface area contributed by atoms with Gasteiger partial charge in [-0.05, 0) is 29.3 Å². The van der Waals surface area contributed by atoms with Crippen molar-refractivity contribution in [1.82, 2.24) is 4.90 Å². The smallest absolute Gasteiger partial charge is 0.313 e. The lowest BCUT2D eigenvalue weighted by Gasteiger charge is -2.22. The second kappa shape index (κ2) is 9.40. The molecule has 0 heterocycles. The molecule has 0 aromatic heterocycles. The zero-order valence-corrected chi connectivity index (χ0v) is 16.5. The summed E-state index contributed by atoms with van der Waals surface area (Å²) >= 11 is 12.0. The molecule has 0 saturated carbocycles. The van der Waals surface area contributed by atoms with Crippen molar-refractivity contribution < 1.29 is 9.59 Å². The van der Waals surface area contributed by atoms with Crippen molar-refractivity contribution in [2.75, 3.05) is 5.32 Å². The van der Waals surface area contributed by atoms with Crippen LogP contribution in [0.4, 0.5) is 5.69 Å². The summed E-state index contributed by atoms with van der Waals surface area (Å²) < 4.78 is 0. The molecule has 2 amide bonds. The lowest BCUT2D eigenvalue weighted by atomic mass is 10.1. The van der Waals surface area contributed by atoms with Crippen molar-refractivity contribution in [2.45, 2.75) is 13.1 Å². The molecule has 0 bridgehead atoms. The van der Waals surface area contributed by atoms with E-state index in [1.807, 2.05) is 60.7 Å². The molecular formula is C22H18Cl2N2O2. The van der Waals surface area contributed by atoms with Crippen molar-refractivity contribution in [3.8, 4) is 0 Å². The van der Waals surface area contributed by atoms with Gasteiger partial charge >= 0.3 is 11.8 Å². The third-order valence-corrected chi connectivity index (χ3v) is 4.66. The topological polar surface area (TPSA) is 49.4 Å². The highest BCUT2D eigenvalue weighted by Crippen LogP contribution is 2.25. The number of anilines is 1. The fourth-order valence-corrected chi connectivity index (χ4v) is 3.06. The highest BCUT2D eigenvalue weighted by atomic mass is 35.5. The molecule has 28 heavy (non-hydrogen) atoms. The number of benzene rings is 3. The molecule has 0 radical (unpaired) electrons. The van der Waals surface area contributed by atoms with E-state index in [2.05, 4.69) is 5.32 Å². The number of nitrogens with one attached hydrogen (secondary N) is 1. The lowest BCUT2D eigenvalue weighted by Crippen LogP contribution is -2.39. The molecule has 0 aliphatic heterocycles. The predicted octanol–water partition coefficient (Wildman–Crippen LogP) is 5.16. The third-order valence-electron chi connectivity index (χ3n) is 4.09. The molecule has 4 nitrogen and oxygen atoms in total. The predicted molar refractivity (Wildman–Crippen MR) is 112 cm³/mol. The van der Waals surface area contributed by atoms with Crippen molar-refractivity contribution in [1.29, 1.82) is 0 Å². The van der Waals surface area contributed by atoms with Crippen LogP contribution in [0.3, 0.4) is 0 Å². The summed E-state index contributed by atoms with van der Waals surface area (Å²) in [5.41, 5.74) is 2.16. The molecule has 142 valence electrons. The van der Waals surface area contributed by atoms with Crippen LogP contribution in [-0.4, -0.2) is 16.7 Å². The molecule has 3 aromatic rings. The fraction of sp³-hybridized carbons (Fsp3) is 0.0909. The van der Waals surface area contributed by atoms with Gasteiger partial charge in [-0.25, -0.2) is 0 Å². The van der Waals surface area contributed by atoms with Crippen LogP contribution >= 0.6 is 23.2 Å². The Bertz CT molecular complexity index is 921. The maximum atomic E-state index is 12.9. The van der Waals surface area contributed by atoms with Gasteiger partial charge in [-0.15, -0.1) is 0 Å². The van der Waals surface area contributed by atoms with E-state index >= 15 is 0 Å². The van der Waals surface area contributed by atoms with Crippen LogP contribution in [0.5, 0.6) is 0 Å². The number of carbonyl (C=O) groups excluding carboxylic acids is 2. The Kier molecular flexibility index (Phi) is 6.69. The SMILES string of the molecule is O=C(Nc1cc(Cl)ccc1Cl)C(=O)N(Cc1ccccc1)Cc1ccccc1. The van der Waals surface area contributed by atoms with E-state index < -0.39 is 11.8 Å². The summed E-state index contributed by atoms with van der Waals surface area (Å²) in [7, 11) is 0. The first-order valence-corrected chi connectivity index (χ1v) is 9.41. The molecule has 0 aliphatic rings. The summed E-state index contributed by atoms with van der Waals surface area (Å²) in [4.78, 5) is 27.0. The van der Waals surface area contributed by atoms with Gasteiger partial charge in [-0.1, -0.05) is 83.9 Å². The molecule has 0 unspecified atom stereocenters. The van der Waals surface area contributed by atoms with Gasteiger partial charge in [-0.2, -0.15) is 0 Å². The summed E-state index contributed by atoms with van der Waals surface area (Å²) in [5.74, 6) is -1.42. The number of hydrogen-bond donors (Lipinski definition) is 1. The number of rotatable bonds is 5. The van der Waals surface area contributed by atoms with Crippen LogP contribution in [0.25, 0.3) is 0 Å². The number of nitrogens with zero attached hydrogens (tertiary/aromatic N) is 1. The Balaban J connectivity index is 1.80. The highest BCUT2D eigenvalue weighted by molar-refractivity contribution is 6.42. The lowest BCUT2D eigenvalue weighted by molar-refractivity contribution is -0.144. The minimum atomic E-state index is -0.768. The molecule has 0 aliphatic carbocycles. The van der Waals surface area contributed by atoms with E-state index in [0.717, 1.165) is 11.1 Å².